The SMILES string of the molecule is CC[C@@H]1CCCCN1C(=O)c1ccc(C(=O)N2CCCC[C@@H]2CC)cc1. The Morgan fingerprint density at radius 3 is 1.50 bits per heavy atom. The van der Waals surface area contributed by atoms with Crippen molar-refractivity contribution in [2.75, 3.05) is 13.1 Å². The van der Waals surface area contributed by atoms with E-state index in [1.807, 2.05) is 34.1 Å². The lowest BCUT2D eigenvalue weighted by Crippen LogP contribution is -2.44. The largest absolute Gasteiger partial charge is 0.336 e. The van der Waals surface area contributed by atoms with Gasteiger partial charge in [0.25, 0.3) is 11.8 Å². The van der Waals surface area contributed by atoms with Crippen molar-refractivity contribution in [1.82, 2.24) is 9.80 Å². The molecule has 0 bridgehead atoms. The molecule has 4 heteroatoms. The molecule has 2 aliphatic rings. The zero-order valence-electron chi connectivity index (χ0n) is 16.2. The number of rotatable bonds is 4. The van der Waals surface area contributed by atoms with Gasteiger partial charge in [-0.3, -0.25) is 9.59 Å². The molecule has 2 heterocycles. The molecule has 0 aromatic heterocycles. The first-order chi connectivity index (χ1) is 12.7. The Bertz CT molecular complexity index is 571. The van der Waals surface area contributed by atoms with E-state index in [0.29, 0.717) is 23.2 Å². The molecule has 3 rings (SSSR count). The number of piperidine rings is 2. The quantitative estimate of drug-likeness (QED) is 0.797. The molecule has 2 aliphatic heterocycles. The molecule has 0 spiro atoms. The average molecular weight is 357 g/mol. The Morgan fingerprint density at radius 1 is 0.769 bits per heavy atom. The van der Waals surface area contributed by atoms with Crippen molar-refractivity contribution in [1.29, 1.82) is 0 Å². The fourth-order valence-corrected chi connectivity index (χ4v) is 4.47. The van der Waals surface area contributed by atoms with Gasteiger partial charge >= 0.3 is 0 Å². The van der Waals surface area contributed by atoms with Crippen molar-refractivity contribution in [3.8, 4) is 0 Å². The minimum atomic E-state index is 0.111. The van der Waals surface area contributed by atoms with Crippen molar-refractivity contribution in [3.05, 3.63) is 35.4 Å². The highest BCUT2D eigenvalue weighted by Gasteiger charge is 2.28. The number of hydrogen-bond acceptors (Lipinski definition) is 2. The number of carbonyl (C=O) groups excluding carboxylic acids is 2. The van der Waals surface area contributed by atoms with E-state index in [9.17, 15) is 9.59 Å². The van der Waals surface area contributed by atoms with Gasteiger partial charge in [0.15, 0.2) is 0 Å². The lowest BCUT2D eigenvalue weighted by Gasteiger charge is -2.36. The Hall–Kier alpha value is -1.84. The Kier molecular flexibility index (Phi) is 6.33. The first-order valence-electron chi connectivity index (χ1n) is 10.4. The van der Waals surface area contributed by atoms with E-state index in [2.05, 4.69) is 13.8 Å². The van der Waals surface area contributed by atoms with Crippen LogP contribution in [0.3, 0.4) is 0 Å². The highest BCUT2D eigenvalue weighted by Crippen LogP contribution is 2.24. The molecule has 26 heavy (non-hydrogen) atoms. The molecule has 2 atom stereocenters. The zero-order chi connectivity index (χ0) is 18.5. The van der Waals surface area contributed by atoms with Gasteiger partial charge in [-0.15, -0.1) is 0 Å². The van der Waals surface area contributed by atoms with Crippen LogP contribution in [0.15, 0.2) is 24.3 Å². The third kappa shape index (κ3) is 3.94. The average Bonchev–Trinajstić information content (AvgIpc) is 2.72. The summed E-state index contributed by atoms with van der Waals surface area (Å²) >= 11 is 0. The number of nitrogens with zero attached hydrogens (tertiary/aromatic N) is 2. The normalized spacial score (nSPS) is 23.8. The van der Waals surface area contributed by atoms with Gasteiger partial charge in [-0.25, -0.2) is 0 Å². The standard InChI is InChI=1S/C22H32N2O2/c1-3-19-9-5-7-15-23(19)21(25)17-11-13-18(14-12-17)22(26)24-16-8-6-10-20(24)4-2/h11-14,19-20H,3-10,15-16H2,1-2H3/t19-,20+. The highest BCUT2D eigenvalue weighted by molar-refractivity contribution is 5.98. The monoisotopic (exact) mass is 356 g/mol. The van der Waals surface area contributed by atoms with Gasteiger partial charge in [0.2, 0.25) is 0 Å². The summed E-state index contributed by atoms with van der Waals surface area (Å²) in [7, 11) is 0. The Labute approximate surface area is 157 Å². The third-order valence-corrected chi connectivity index (χ3v) is 6.10. The van der Waals surface area contributed by atoms with E-state index < -0.39 is 0 Å². The molecule has 1 aromatic carbocycles. The minimum absolute atomic E-state index is 0.111. The molecule has 142 valence electrons. The van der Waals surface area contributed by atoms with Crippen molar-refractivity contribution >= 4 is 11.8 Å². The van der Waals surface area contributed by atoms with Crippen LogP contribution in [-0.2, 0) is 0 Å². The molecule has 0 radical (unpaired) electrons. The number of carbonyl (C=O) groups is 2. The molecule has 2 amide bonds. The lowest BCUT2D eigenvalue weighted by molar-refractivity contribution is 0.0596. The van der Waals surface area contributed by atoms with Crippen LogP contribution >= 0.6 is 0 Å². The summed E-state index contributed by atoms with van der Waals surface area (Å²) < 4.78 is 0. The maximum atomic E-state index is 12.9. The molecule has 0 aliphatic carbocycles. The molecule has 0 saturated carbocycles. The zero-order valence-corrected chi connectivity index (χ0v) is 16.2. The molecule has 2 saturated heterocycles. The molecular formula is C22H32N2O2. The Balaban J connectivity index is 1.71. The van der Waals surface area contributed by atoms with Crippen molar-refractivity contribution in [2.45, 2.75) is 77.3 Å². The van der Waals surface area contributed by atoms with E-state index >= 15 is 0 Å². The van der Waals surface area contributed by atoms with Crippen molar-refractivity contribution in [2.24, 2.45) is 0 Å². The molecule has 2 fully saturated rings. The van der Waals surface area contributed by atoms with E-state index in [1.165, 1.54) is 12.8 Å². The van der Waals surface area contributed by atoms with Crippen LogP contribution in [0.1, 0.15) is 85.9 Å². The summed E-state index contributed by atoms with van der Waals surface area (Å²) in [6.07, 6.45) is 8.83. The molecule has 0 N–H and O–H groups in total. The van der Waals surface area contributed by atoms with Gasteiger partial charge in [0.05, 0.1) is 0 Å². The van der Waals surface area contributed by atoms with Crippen LogP contribution in [0.4, 0.5) is 0 Å². The number of amides is 2. The Morgan fingerprint density at radius 2 is 1.15 bits per heavy atom. The van der Waals surface area contributed by atoms with Crippen molar-refractivity contribution in [3.63, 3.8) is 0 Å². The van der Waals surface area contributed by atoms with E-state index in [0.717, 1.165) is 51.6 Å². The van der Waals surface area contributed by atoms with Gasteiger partial charge < -0.3 is 9.80 Å². The van der Waals surface area contributed by atoms with Crippen LogP contribution in [0.2, 0.25) is 0 Å². The second-order valence-corrected chi connectivity index (χ2v) is 7.69. The maximum Gasteiger partial charge on any atom is 0.254 e. The summed E-state index contributed by atoms with van der Waals surface area (Å²) in [5, 5.41) is 0. The number of hydrogen-bond donors (Lipinski definition) is 0. The number of benzene rings is 1. The molecular weight excluding hydrogens is 324 g/mol. The van der Waals surface area contributed by atoms with E-state index in [4.69, 9.17) is 0 Å². The fraction of sp³-hybridized carbons (Fsp3) is 0.636. The van der Waals surface area contributed by atoms with E-state index in [-0.39, 0.29) is 11.8 Å². The molecule has 1 aromatic rings. The van der Waals surface area contributed by atoms with Crippen LogP contribution in [-0.4, -0.2) is 46.8 Å². The second-order valence-electron chi connectivity index (χ2n) is 7.69. The van der Waals surface area contributed by atoms with Gasteiger partial charge in [0.1, 0.15) is 0 Å². The fourth-order valence-electron chi connectivity index (χ4n) is 4.47. The summed E-state index contributed by atoms with van der Waals surface area (Å²) in [6.45, 7) is 6.01. The summed E-state index contributed by atoms with van der Waals surface area (Å²) in [5.74, 6) is 0.222. The highest BCUT2D eigenvalue weighted by atomic mass is 16.2. The van der Waals surface area contributed by atoms with E-state index in [1.54, 1.807) is 0 Å². The second kappa shape index (κ2) is 8.70. The summed E-state index contributed by atoms with van der Waals surface area (Å²) in [5.41, 5.74) is 1.40. The van der Waals surface area contributed by atoms with Gasteiger partial charge in [-0.05, 0) is 75.6 Å². The predicted molar refractivity (Wildman–Crippen MR) is 104 cm³/mol. The van der Waals surface area contributed by atoms with Gasteiger partial charge in [-0.1, -0.05) is 13.8 Å². The van der Waals surface area contributed by atoms with Gasteiger partial charge in [0, 0.05) is 36.3 Å². The first kappa shape index (κ1) is 18.9. The van der Waals surface area contributed by atoms with Crippen LogP contribution in [0, 0.1) is 0 Å². The molecule has 0 unspecified atom stereocenters. The summed E-state index contributed by atoms with van der Waals surface area (Å²) in [6, 6.07) is 8.06. The third-order valence-electron chi connectivity index (χ3n) is 6.10. The topological polar surface area (TPSA) is 40.6 Å². The molecule has 4 nitrogen and oxygen atoms in total. The van der Waals surface area contributed by atoms with Crippen LogP contribution in [0.5, 0.6) is 0 Å². The lowest BCUT2D eigenvalue weighted by atomic mass is 9.97. The predicted octanol–water partition coefficient (Wildman–Crippen LogP) is 4.50. The summed E-state index contributed by atoms with van der Waals surface area (Å²) in [4.78, 5) is 29.8. The van der Waals surface area contributed by atoms with Crippen LogP contribution < -0.4 is 0 Å². The smallest absolute Gasteiger partial charge is 0.254 e. The number of likely N-dealkylation sites (tertiary alicyclic amines) is 2. The van der Waals surface area contributed by atoms with Crippen LogP contribution in [0.25, 0.3) is 0 Å². The van der Waals surface area contributed by atoms with Gasteiger partial charge in [-0.2, -0.15) is 0 Å². The minimum Gasteiger partial charge on any atom is -0.336 e. The maximum absolute atomic E-state index is 12.9. The first-order valence-corrected chi connectivity index (χ1v) is 10.4. The van der Waals surface area contributed by atoms with Crippen molar-refractivity contribution < 1.29 is 9.59 Å².